The van der Waals surface area contributed by atoms with Crippen LogP contribution in [0.2, 0.25) is 0 Å². The predicted octanol–water partition coefficient (Wildman–Crippen LogP) is 9.36. The van der Waals surface area contributed by atoms with E-state index in [1.807, 2.05) is 18.3 Å². The van der Waals surface area contributed by atoms with Gasteiger partial charge in [0.1, 0.15) is 0 Å². The fourth-order valence-electron chi connectivity index (χ4n) is 5.14. The molecule has 2 heterocycles. The highest BCUT2D eigenvalue weighted by molar-refractivity contribution is 5.95. The Bertz CT molecular complexity index is 1920. The molecule has 7 aromatic rings. The van der Waals surface area contributed by atoms with Crippen LogP contribution in [0.5, 0.6) is 0 Å². The highest BCUT2D eigenvalue weighted by Crippen LogP contribution is 2.33. The van der Waals surface area contributed by atoms with Crippen LogP contribution < -0.4 is 0 Å². The second-order valence-electron chi connectivity index (χ2n) is 9.75. The van der Waals surface area contributed by atoms with Crippen LogP contribution in [0.3, 0.4) is 0 Å². The largest absolute Gasteiger partial charge is 0.264 e. The number of rotatable bonds is 5. The molecular formula is C37H25N3. The summed E-state index contributed by atoms with van der Waals surface area (Å²) < 4.78 is 0. The molecule has 3 heteroatoms. The summed E-state index contributed by atoms with van der Waals surface area (Å²) in [5.41, 5.74) is 9.42. The van der Waals surface area contributed by atoms with Crippen LogP contribution in [-0.4, -0.2) is 15.0 Å². The first kappa shape index (κ1) is 23.7. The molecule has 0 fully saturated rings. The van der Waals surface area contributed by atoms with Gasteiger partial charge in [0.15, 0.2) is 5.82 Å². The molecule has 0 amide bonds. The molecule has 0 bridgehead atoms. The number of benzene rings is 5. The highest BCUT2D eigenvalue weighted by atomic mass is 14.9. The molecule has 0 aliphatic rings. The van der Waals surface area contributed by atoms with Gasteiger partial charge in [-0.2, -0.15) is 0 Å². The first-order valence-electron chi connectivity index (χ1n) is 13.4. The maximum absolute atomic E-state index is 5.12. The summed E-state index contributed by atoms with van der Waals surface area (Å²) in [5, 5.41) is 2.30. The lowest BCUT2D eigenvalue weighted by Crippen LogP contribution is -1.97. The van der Waals surface area contributed by atoms with Gasteiger partial charge in [-0.3, -0.25) is 4.98 Å². The standard InChI is InChI=1S/C37H25N3/c1-2-9-26(10-3-1)27-18-20-29(21-19-27)35-24-36(31-14-6-13-30(23-31)32-15-8-22-38-25-32)40-37(39-35)34-17-7-12-28-11-4-5-16-33(28)34/h1-25H. The van der Waals surface area contributed by atoms with Gasteiger partial charge in [0, 0.05) is 34.6 Å². The van der Waals surface area contributed by atoms with Crippen LogP contribution in [0.15, 0.2) is 152 Å². The lowest BCUT2D eigenvalue weighted by molar-refractivity contribution is 1.19. The summed E-state index contributed by atoms with van der Waals surface area (Å²) in [6.07, 6.45) is 3.68. The van der Waals surface area contributed by atoms with Crippen LogP contribution in [0.4, 0.5) is 0 Å². The van der Waals surface area contributed by atoms with Crippen molar-refractivity contribution in [3.8, 4) is 56.2 Å². The van der Waals surface area contributed by atoms with Crippen molar-refractivity contribution in [2.75, 3.05) is 0 Å². The fraction of sp³-hybridized carbons (Fsp3) is 0. The van der Waals surface area contributed by atoms with Crippen LogP contribution >= 0.6 is 0 Å². The second kappa shape index (κ2) is 10.4. The number of hydrogen-bond acceptors (Lipinski definition) is 3. The van der Waals surface area contributed by atoms with E-state index < -0.39 is 0 Å². The smallest absolute Gasteiger partial charge is 0.161 e. The normalized spacial score (nSPS) is 11.0. The Morgan fingerprint density at radius 3 is 1.85 bits per heavy atom. The van der Waals surface area contributed by atoms with E-state index in [9.17, 15) is 0 Å². The molecule has 7 rings (SSSR count). The summed E-state index contributed by atoms with van der Waals surface area (Å²) >= 11 is 0. The lowest BCUT2D eigenvalue weighted by Gasteiger charge is -2.12. The summed E-state index contributed by atoms with van der Waals surface area (Å²) in [5.74, 6) is 0.711. The molecule has 2 aromatic heterocycles. The molecule has 0 atom stereocenters. The Balaban J connectivity index is 1.39. The molecule has 0 radical (unpaired) electrons. The van der Waals surface area contributed by atoms with E-state index in [0.29, 0.717) is 5.82 Å². The molecule has 0 spiro atoms. The number of aromatic nitrogens is 3. The quantitative estimate of drug-likeness (QED) is 0.231. The highest BCUT2D eigenvalue weighted by Gasteiger charge is 2.13. The summed E-state index contributed by atoms with van der Waals surface area (Å²) in [7, 11) is 0. The lowest BCUT2D eigenvalue weighted by atomic mass is 9.99. The van der Waals surface area contributed by atoms with Gasteiger partial charge in [0.2, 0.25) is 0 Å². The molecule has 40 heavy (non-hydrogen) atoms. The molecule has 5 aromatic carbocycles. The molecule has 0 aliphatic carbocycles. The van der Waals surface area contributed by atoms with E-state index in [2.05, 4.69) is 132 Å². The Morgan fingerprint density at radius 1 is 0.400 bits per heavy atom. The summed E-state index contributed by atoms with van der Waals surface area (Å²) in [6, 6.07) is 48.3. The van der Waals surface area contributed by atoms with E-state index in [1.54, 1.807) is 6.20 Å². The minimum Gasteiger partial charge on any atom is -0.264 e. The van der Waals surface area contributed by atoms with Crippen LogP contribution in [0, 0.1) is 0 Å². The first-order chi connectivity index (χ1) is 19.8. The van der Waals surface area contributed by atoms with Crippen molar-refractivity contribution in [3.63, 3.8) is 0 Å². The number of hydrogen-bond donors (Lipinski definition) is 0. The van der Waals surface area contributed by atoms with E-state index in [0.717, 1.165) is 44.6 Å². The van der Waals surface area contributed by atoms with E-state index in [1.165, 1.54) is 16.5 Å². The zero-order valence-electron chi connectivity index (χ0n) is 21.8. The van der Waals surface area contributed by atoms with Gasteiger partial charge in [-0.1, -0.05) is 121 Å². The molecule has 3 nitrogen and oxygen atoms in total. The SMILES string of the molecule is c1ccc(-c2ccc(-c3cc(-c4cccc(-c5cccnc5)c4)nc(-c4cccc5ccccc45)n3)cc2)cc1. The maximum atomic E-state index is 5.12. The van der Waals surface area contributed by atoms with Crippen molar-refractivity contribution in [3.05, 3.63) is 152 Å². The Labute approximate surface area is 233 Å². The van der Waals surface area contributed by atoms with E-state index >= 15 is 0 Å². The molecule has 0 saturated heterocycles. The van der Waals surface area contributed by atoms with Crippen LogP contribution in [0.25, 0.3) is 66.9 Å². The third-order valence-corrected chi connectivity index (χ3v) is 7.20. The number of nitrogens with zero attached hydrogens (tertiary/aromatic N) is 3. The molecule has 0 aliphatic heterocycles. The molecule has 188 valence electrons. The van der Waals surface area contributed by atoms with Crippen molar-refractivity contribution in [1.82, 2.24) is 15.0 Å². The third-order valence-electron chi connectivity index (χ3n) is 7.20. The second-order valence-corrected chi connectivity index (χ2v) is 9.75. The van der Waals surface area contributed by atoms with Crippen molar-refractivity contribution in [2.24, 2.45) is 0 Å². The fourth-order valence-corrected chi connectivity index (χ4v) is 5.14. The summed E-state index contributed by atoms with van der Waals surface area (Å²) in [6.45, 7) is 0. The first-order valence-corrected chi connectivity index (χ1v) is 13.4. The molecular weight excluding hydrogens is 486 g/mol. The Hall–Kier alpha value is -5.41. The zero-order chi connectivity index (χ0) is 26.7. The summed E-state index contributed by atoms with van der Waals surface area (Å²) in [4.78, 5) is 14.5. The molecule has 0 saturated carbocycles. The minimum absolute atomic E-state index is 0.711. The van der Waals surface area contributed by atoms with E-state index in [-0.39, 0.29) is 0 Å². The molecule has 0 unspecified atom stereocenters. The minimum atomic E-state index is 0.711. The van der Waals surface area contributed by atoms with Gasteiger partial charge >= 0.3 is 0 Å². The van der Waals surface area contributed by atoms with Crippen molar-refractivity contribution < 1.29 is 0 Å². The predicted molar refractivity (Wildman–Crippen MR) is 165 cm³/mol. The molecule has 0 N–H and O–H groups in total. The van der Waals surface area contributed by atoms with Crippen LogP contribution in [0.1, 0.15) is 0 Å². The zero-order valence-corrected chi connectivity index (χ0v) is 21.8. The number of pyridine rings is 1. The van der Waals surface area contributed by atoms with E-state index in [4.69, 9.17) is 9.97 Å². The topological polar surface area (TPSA) is 38.7 Å². The number of fused-ring (bicyclic) bond motifs is 1. The van der Waals surface area contributed by atoms with Gasteiger partial charge in [-0.25, -0.2) is 9.97 Å². The van der Waals surface area contributed by atoms with Crippen molar-refractivity contribution >= 4 is 10.8 Å². The van der Waals surface area contributed by atoms with Gasteiger partial charge < -0.3 is 0 Å². The monoisotopic (exact) mass is 511 g/mol. The van der Waals surface area contributed by atoms with Gasteiger partial charge in [-0.15, -0.1) is 0 Å². The van der Waals surface area contributed by atoms with Crippen molar-refractivity contribution in [1.29, 1.82) is 0 Å². The van der Waals surface area contributed by atoms with Crippen LogP contribution in [-0.2, 0) is 0 Å². The van der Waals surface area contributed by atoms with Gasteiger partial charge in [0.05, 0.1) is 11.4 Å². The Morgan fingerprint density at radius 2 is 1.02 bits per heavy atom. The third kappa shape index (κ3) is 4.65. The van der Waals surface area contributed by atoms with Crippen molar-refractivity contribution in [2.45, 2.75) is 0 Å². The maximum Gasteiger partial charge on any atom is 0.161 e. The Kier molecular flexibility index (Phi) is 6.15. The van der Waals surface area contributed by atoms with Gasteiger partial charge in [0.25, 0.3) is 0 Å². The average molecular weight is 512 g/mol. The van der Waals surface area contributed by atoms with Gasteiger partial charge in [-0.05, 0) is 45.7 Å². The average Bonchev–Trinajstić information content (AvgIpc) is 3.05.